The van der Waals surface area contributed by atoms with Gasteiger partial charge in [0, 0.05) is 39.6 Å². The van der Waals surface area contributed by atoms with E-state index in [2.05, 4.69) is 10.3 Å². The van der Waals surface area contributed by atoms with Gasteiger partial charge in [-0.25, -0.2) is 9.97 Å². The van der Waals surface area contributed by atoms with Crippen molar-refractivity contribution >= 4 is 46.4 Å². The van der Waals surface area contributed by atoms with E-state index in [4.69, 9.17) is 37.7 Å². The van der Waals surface area contributed by atoms with Crippen LogP contribution in [0.25, 0.3) is 11.4 Å². The minimum Gasteiger partial charge on any atom is -0.496 e. The number of fused-ring (bicyclic) bond motifs is 4. The zero-order valence-electron chi connectivity index (χ0n) is 23.4. The Bertz CT molecular complexity index is 1820. The molecule has 2 aromatic carbocycles. The predicted octanol–water partition coefficient (Wildman–Crippen LogP) is 6.55. The molecule has 1 fully saturated rings. The van der Waals surface area contributed by atoms with Crippen LogP contribution in [0.15, 0.2) is 48.7 Å². The topological polar surface area (TPSA) is 98.6 Å². The number of rotatable bonds is 6. The number of carbonyl (C=O) groups excluding carboxylic acids is 2. The summed E-state index contributed by atoms with van der Waals surface area (Å²) in [5.41, 5.74) is 2.03. The molecule has 4 aromatic rings. The van der Waals surface area contributed by atoms with Gasteiger partial charge in [-0.3, -0.25) is 14.5 Å². The van der Waals surface area contributed by atoms with Gasteiger partial charge in [-0.05, 0) is 63.4 Å². The molecule has 42 heavy (non-hydrogen) atoms. The van der Waals surface area contributed by atoms with E-state index in [1.54, 1.807) is 49.7 Å². The molecule has 214 valence electrons. The van der Waals surface area contributed by atoms with Crippen LogP contribution < -0.4 is 19.7 Å². The molecule has 1 atom stereocenters. The summed E-state index contributed by atoms with van der Waals surface area (Å²) >= 11 is 12.8. The SMILES string of the molecule is COc1cc(OC2CC2)ncc1-c1nc2c(n1C(C)C)[C@@]1(C(=O)Nc3cc(Cl)ccc31)N(c1cc(Cl)ccc1C)C2=O. The van der Waals surface area contributed by atoms with Crippen LogP contribution in [0.2, 0.25) is 10.0 Å². The summed E-state index contributed by atoms with van der Waals surface area (Å²) in [7, 11) is 1.57. The summed E-state index contributed by atoms with van der Waals surface area (Å²) in [6.45, 7) is 5.84. The molecule has 0 radical (unpaired) electrons. The van der Waals surface area contributed by atoms with Gasteiger partial charge in [-0.2, -0.15) is 0 Å². The number of benzene rings is 2. The lowest BCUT2D eigenvalue weighted by molar-refractivity contribution is -0.119. The van der Waals surface area contributed by atoms with Gasteiger partial charge >= 0.3 is 0 Å². The summed E-state index contributed by atoms with van der Waals surface area (Å²) in [5.74, 6) is 0.609. The van der Waals surface area contributed by atoms with Crippen LogP contribution in [-0.2, 0) is 10.3 Å². The summed E-state index contributed by atoms with van der Waals surface area (Å²) in [6, 6.07) is 12.0. The van der Waals surface area contributed by atoms with Gasteiger partial charge in [0.15, 0.2) is 11.2 Å². The Hall–Kier alpha value is -4.08. The lowest BCUT2D eigenvalue weighted by Gasteiger charge is -2.36. The lowest BCUT2D eigenvalue weighted by Crippen LogP contribution is -2.51. The number of nitrogens with zero attached hydrogens (tertiary/aromatic N) is 4. The standard InChI is InChI=1S/C31H27Cl2N5O4/c1-15(2)37-27-26(36-28(37)20-14-34-25(13-24(20)41-4)42-19-8-9-19)29(39)38(23-12-18(33)6-5-16(23)3)31(27)21-10-7-17(32)11-22(21)35-30(31)40/h5-7,10-15,19H,8-9H2,1-4H3,(H,35,40)/t31-/m0/s1. The number of nitrogens with one attached hydrogen (secondary N) is 1. The highest BCUT2D eigenvalue weighted by atomic mass is 35.5. The molecule has 7 rings (SSSR count). The van der Waals surface area contributed by atoms with Crippen molar-refractivity contribution in [2.45, 2.75) is 51.3 Å². The van der Waals surface area contributed by atoms with Crippen LogP contribution in [0.3, 0.4) is 0 Å². The molecule has 0 saturated heterocycles. The molecule has 1 N–H and O–H groups in total. The maximum atomic E-state index is 14.5. The smallest absolute Gasteiger partial charge is 0.280 e. The van der Waals surface area contributed by atoms with Gasteiger partial charge in [0.25, 0.3) is 11.8 Å². The summed E-state index contributed by atoms with van der Waals surface area (Å²) in [4.78, 5) is 39.9. The van der Waals surface area contributed by atoms with Crippen LogP contribution in [0, 0.1) is 6.92 Å². The molecule has 2 aliphatic heterocycles. The van der Waals surface area contributed by atoms with Crippen molar-refractivity contribution in [2.24, 2.45) is 0 Å². The number of methoxy groups -OCH3 is 1. The van der Waals surface area contributed by atoms with Gasteiger partial charge in [0.2, 0.25) is 5.88 Å². The van der Waals surface area contributed by atoms with Crippen LogP contribution in [-0.4, -0.2) is 39.6 Å². The molecule has 0 bridgehead atoms. The van der Waals surface area contributed by atoms with Crippen molar-refractivity contribution in [1.82, 2.24) is 14.5 Å². The molecule has 0 unspecified atom stereocenters. The zero-order chi connectivity index (χ0) is 29.5. The van der Waals surface area contributed by atoms with Crippen molar-refractivity contribution in [1.29, 1.82) is 0 Å². The van der Waals surface area contributed by atoms with Crippen LogP contribution >= 0.6 is 23.2 Å². The number of amides is 2. The van der Waals surface area contributed by atoms with Gasteiger partial charge in [-0.15, -0.1) is 0 Å². The van der Waals surface area contributed by atoms with Crippen molar-refractivity contribution in [3.8, 4) is 23.0 Å². The number of anilines is 2. The normalized spacial score (nSPS) is 19.0. The molecular weight excluding hydrogens is 577 g/mol. The number of aryl methyl sites for hydroxylation is 1. The minimum absolute atomic E-state index is 0.163. The number of imidazole rings is 1. The Labute approximate surface area is 252 Å². The molecule has 1 saturated carbocycles. The van der Waals surface area contributed by atoms with E-state index in [0.29, 0.717) is 55.7 Å². The molecule has 3 aliphatic rings. The van der Waals surface area contributed by atoms with Crippen molar-refractivity contribution in [2.75, 3.05) is 17.3 Å². The van der Waals surface area contributed by atoms with Crippen LogP contribution in [0.5, 0.6) is 11.6 Å². The largest absolute Gasteiger partial charge is 0.496 e. The fourth-order valence-electron chi connectivity index (χ4n) is 6.00. The van der Waals surface area contributed by atoms with Crippen LogP contribution in [0.1, 0.15) is 60.0 Å². The fourth-order valence-corrected chi connectivity index (χ4v) is 6.34. The second kappa shape index (κ2) is 9.47. The number of carbonyl (C=O) groups is 2. The fraction of sp³-hybridized carbons (Fsp3) is 0.290. The monoisotopic (exact) mass is 603 g/mol. The van der Waals surface area contributed by atoms with E-state index in [-0.39, 0.29) is 17.8 Å². The Morgan fingerprint density at radius 1 is 1.07 bits per heavy atom. The summed E-state index contributed by atoms with van der Waals surface area (Å²) in [5, 5.41) is 3.89. The maximum Gasteiger partial charge on any atom is 0.280 e. The third-order valence-corrected chi connectivity index (χ3v) is 8.46. The Kier molecular flexibility index (Phi) is 6.04. The third-order valence-electron chi connectivity index (χ3n) is 7.99. The summed E-state index contributed by atoms with van der Waals surface area (Å²) < 4.78 is 13.6. The number of halogens is 2. The van der Waals surface area contributed by atoms with Crippen molar-refractivity contribution in [3.05, 3.63) is 81.2 Å². The number of aromatic nitrogens is 3. The number of pyridine rings is 1. The van der Waals surface area contributed by atoms with Crippen molar-refractivity contribution < 1.29 is 19.1 Å². The number of hydrogen-bond acceptors (Lipinski definition) is 6. The average Bonchev–Trinajstić information content (AvgIpc) is 3.53. The van der Waals surface area contributed by atoms with Gasteiger partial charge in [0.1, 0.15) is 17.7 Å². The molecule has 2 aromatic heterocycles. The highest BCUT2D eigenvalue weighted by Crippen LogP contribution is 2.55. The Balaban J connectivity index is 1.52. The van der Waals surface area contributed by atoms with E-state index in [0.717, 1.165) is 18.4 Å². The highest BCUT2D eigenvalue weighted by molar-refractivity contribution is 6.32. The minimum atomic E-state index is -1.58. The Morgan fingerprint density at radius 2 is 1.81 bits per heavy atom. The highest BCUT2D eigenvalue weighted by Gasteiger charge is 2.64. The first-order chi connectivity index (χ1) is 20.1. The van der Waals surface area contributed by atoms with E-state index < -0.39 is 17.4 Å². The first kappa shape index (κ1) is 26.8. The van der Waals surface area contributed by atoms with E-state index in [9.17, 15) is 9.59 Å². The average molecular weight is 604 g/mol. The molecule has 11 heteroatoms. The van der Waals surface area contributed by atoms with E-state index in [1.807, 2.05) is 31.4 Å². The second-order valence-electron chi connectivity index (χ2n) is 11.1. The quantitative estimate of drug-likeness (QED) is 0.268. The molecule has 1 spiro atoms. The molecule has 1 aliphatic carbocycles. The molecular formula is C31H27Cl2N5O4. The third kappa shape index (κ3) is 3.76. The summed E-state index contributed by atoms with van der Waals surface area (Å²) in [6.07, 6.45) is 3.81. The molecule has 2 amide bonds. The second-order valence-corrected chi connectivity index (χ2v) is 11.9. The van der Waals surface area contributed by atoms with Gasteiger partial charge < -0.3 is 19.4 Å². The molecule has 9 nitrogen and oxygen atoms in total. The van der Waals surface area contributed by atoms with Crippen LogP contribution in [0.4, 0.5) is 11.4 Å². The molecule has 4 heterocycles. The van der Waals surface area contributed by atoms with Gasteiger partial charge in [0.05, 0.1) is 24.1 Å². The number of hydrogen-bond donors (Lipinski definition) is 1. The Morgan fingerprint density at radius 3 is 2.52 bits per heavy atom. The number of ether oxygens (including phenoxy) is 2. The predicted molar refractivity (Wildman–Crippen MR) is 160 cm³/mol. The first-order valence-electron chi connectivity index (χ1n) is 13.7. The first-order valence-corrected chi connectivity index (χ1v) is 14.5. The maximum absolute atomic E-state index is 14.5. The van der Waals surface area contributed by atoms with Crippen molar-refractivity contribution in [3.63, 3.8) is 0 Å². The van der Waals surface area contributed by atoms with Gasteiger partial charge in [-0.1, -0.05) is 35.3 Å². The lowest BCUT2D eigenvalue weighted by atomic mass is 9.86. The zero-order valence-corrected chi connectivity index (χ0v) is 24.9. The van der Waals surface area contributed by atoms with E-state index in [1.165, 1.54) is 4.90 Å². The van der Waals surface area contributed by atoms with E-state index >= 15 is 0 Å².